The number of halogens is 3. The molecule has 96 valence electrons. The number of aryl methyl sites for hydroxylation is 1. The molecule has 1 aromatic carbocycles. The van der Waals surface area contributed by atoms with E-state index in [9.17, 15) is 18.0 Å². The highest BCUT2D eigenvalue weighted by atomic mass is 19.4. The fourth-order valence-corrected chi connectivity index (χ4v) is 1.53. The molecule has 0 bridgehead atoms. The van der Waals surface area contributed by atoms with E-state index in [0.29, 0.717) is 0 Å². The lowest BCUT2D eigenvalue weighted by Gasteiger charge is -2.11. The summed E-state index contributed by atoms with van der Waals surface area (Å²) in [5.74, 6) is -0.355. The number of alkyl halides is 3. The molecule has 18 heavy (non-hydrogen) atoms. The lowest BCUT2D eigenvalue weighted by molar-refractivity contribution is -0.274. The van der Waals surface area contributed by atoms with Crippen molar-refractivity contribution in [2.75, 3.05) is 0 Å². The summed E-state index contributed by atoms with van der Waals surface area (Å²) in [6, 6.07) is 6.81. The van der Waals surface area contributed by atoms with Crippen molar-refractivity contribution in [1.29, 1.82) is 0 Å². The Morgan fingerprint density at radius 1 is 1.28 bits per heavy atom. The quantitative estimate of drug-likeness (QED) is 0.898. The smallest absolute Gasteiger partial charge is 0.405 e. The summed E-state index contributed by atoms with van der Waals surface area (Å²) in [4.78, 5) is 11.3. The van der Waals surface area contributed by atoms with Crippen molar-refractivity contribution >= 4 is 0 Å². The number of nitrogens with one attached hydrogen (secondary N) is 1. The fourth-order valence-electron chi connectivity index (χ4n) is 1.53. The summed E-state index contributed by atoms with van der Waals surface area (Å²) in [5, 5.41) is 2.64. The third kappa shape index (κ3) is 2.55. The zero-order chi connectivity index (χ0) is 13.3. The maximum Gasteiger partial charge on any atom is 0.573 e. The van der Waals surface area contributed by atoms with Crippen LogP contribution in [0.4, 0.5) is 13.2 Å². The SMILES string of the molecule is Cn1[nH]c(-c2ccccc2OC(F)(F)F)cc1=O. The molecule has 1 aromatic heterocycles. The molecule has 0 atom stereocenters. The van der Waals surface area contributed by atoms with E-state index in [-0.39, 0.29) is 22.6 Å². The molecule has 1 heterocycles. The van der Waals surface area contributed by atoms with Crippen molar-refractivity contribution in [2.45, 2.75) is 6.36 Å². The maximum absolute atomic E-state index is 12.2. The first-order valence-electron chi connectivity index (χ1n) is 4.98. The predicted octanol–water partition coefficient (Wildman–Crippen LogP) is 2.28. The highest BCUT2D eigenvalue weighted by Gasteiger charge is 2.32. The second-order valence-electron chi connectivity index (χ2n) is 3.61. The van der Waals surface area contributed by atoms with E-state index in [4.69, 9.17) is 0 Å². The second-order valence-corrected chi connectivity index (χ2v) is 3.61. The highest BCUT2D eigenvalue weighted by molar-refractivity contribution is 5.66. The molecule has 7 heteroatoms. The number of para-hydroxylation sites is 1. The number of ether oxygens (including phenoxy) is 1. The molecular formula is C11H9F3N2O2. The van der Waals surface area contributed by atoms with E-state index in [1.807, 2.05) is 0 Å². The van der Waals surface area contributed by atoms with Crippen LogP contribution in [0.3, 0.4) is 0 Å². The summed E-state index contributed by atoms with van der Waals surface area (Å²) in [6.45, 7) is 0. The average Bonchev–Trinajstić information content (AvgIpc) is 2.57. The van der Waals surface area contributed by atoms with Gasteiger partial charge in [-0.2, -0.15) is 0 Å². The van der Waals surface area contributed by atoms with Gasteiger partial charge in [0.15, 0.2) is 0 Å². The fraction of sp³-hybridized carbons (Fsp3) is 0.182. The van der Waals surface area contributed by atoms with Crippen LogP contribution in [-0.4, -0.2) is 16.1 Å². The van der Waals surface area contributed by atoms with Gasteiger partial charge in [0.1, 0.15) is 5.75 Å². The molecule has 2 rings (SSSR count). The molecule has 4 nitrogen and oxygen atoms in total. The molecule has 0 aliphatic carbocycles. The minimum Gasteiger partial charge on any atom is -0.405 e. The molecule has 0 aliphatic heterocycles. The summed E-state index contributed by atoms with van der Waals surface area (Å²) < 4.78 is 41.7. The first-order valence-corrected chi connectivity index (χ1v) is 4.98. The average molecular weight is 258 g/mol. The minimum absolute atomic E-state index is 0.174. The number of rotatable bonds is 2. The Bertz CT molecular complexity index is 613. The molecule has 0 aliphatic rings. The Kier molecular flexibility index (Phi) is 2.90. The van der Waals surface area contributed by atoms with Gasteiger partial charge in [0.05, 0.1) is 5.69 Å². The zero-order valence-corrected chi connectivity index (χ0v) is 9.28. The number of hydrogen-bond donors (Lipinski definition) is 1. The number of benzene rings is 1. The van der Waals surface area contributed by atoms with Crippen molar-refractivity contribution in [1.82, 2.24) is 9.78 Å². The summed E-state index contributed by atoms with van der Waals surface area (Å²) in [7, 11) is 1.47. The van der Waals surface area contributed by atoms with Gasteiger partial charge in [-0.15, -0.1) is 13.2 Å². The van der Waals surface area contributed by atoms with Crippen LogP contribution >= 0.6 is 0 Å². The van der Waals surface area contributed by atoms with Crippen molar-refractivity contribution < 1.29 is 17.9 Å². The minimum atomic E-state index is -4.77. The summed E-state index contributed by atoms with van der Waals surface area (Å²) in [5.41, 5.74) is 0.0988. The van der Waals surface area contributed by atoms with E-state index in [2.05, 4.69) is 9.84 Å². The van der Waals surface area contributed by atoms with Gasteiger partial charge in [-0.25, -0.2) is 0 Å². The lowest BCUT2D eigenvalue weighted by atomic mass is 10.1. The lowest BCUT2D eigenvalue weighted by Crippen LogP contribution is -2.17. The van der Waals surface area contributed by atoms with Crippen molar-refractivity contribution in [2.24, 2.45) is 7.05 Å². The van der Waals surface area contributed by atoms with Crippen LogP contribution in [-0.2, 0) is 7.05 Å². The molecule has 0 saturated carbocycles. The Labute approximate surface area is 99.6 Å². The third-order valence-corrected chi connectivity index (χ3v) is 2.29. The first kappa shape index (κ1) is 12.3. The van der Waals surface area contributed by atoms with Crippen LogP contribution in [0.2, 0.25) is 0 Å². The van der Waals surface area contributed by atoms with Gasteiger partial charge in [-0.1, -0.05) is 12.1 Å². The molecule has 2 aromatic rings. The van der Waals surface area contributed by atoms with Gasteiger partial charge in [0.2, 0.25) is 0 Å². The van der Waals surface area contributed by atoms with E-state index in [1.165, 1.54) is 36.0 Å². The van der Waals surface area contributed by atoms with E-state index in [1.54, 1.807) is 6.07 Å². The molecule has 0 fully saturated rings. The Balaban J connectivity index is 2.48. The number of nitrogens with zero attached hydrogens (tertiary/aromatic N) is 1. The topological polar surface area (TPSA) is 47.0 Å². The van der Waals surface area contributed by atoms with E-state index < -0.39 is 6.36 Å². The standard InChI is InChI=1S/C11H9F3N2O2/c1-16-10(17)6-8(15-16)7-4-2-3-5-9(7)18-11(12,13)14/h2-6,15H,1H3. The van der Waals surface area contributed by atoms with E-state index in [0.717, 1.165) is 0 Å². The largest absolute Gasteiger partial charge is 0.573 e. The zero-order valence-electron chi connectivity index (χ0n) is 9.28. The normalized spacial score (nSPS) is 11.6. The van der Waals surface area contributed by atoms with Crippen molar-refractivity contribution in [3.63, 3.8) is 0 Å². The van der Waals surface area contributed by atoms with Gasteiger partial charge in [0.25, 0.3) is 5.56 Å². The van der Waals surface area contributed by atoms with Crippen LogP contribution in [0.25, 0.3) is 11.3 Å². The number of aromatic amines is 1. The number of hydrogen-bond acceptors (Lipinski definition) is 2. The molecular weight excluding hydrogens is 249 g/mol. The van der Waals surface area contributed by atoms with Gasteiger partial charge in [-0.3, -0.25) is 14.6 Å². The number of H-pyrrole nitrogens is 1. The molecule has 0 unspecified atom stereocenters. The summed E-state index contributed by atoms with van der Waals surface area (Å²) >= 11 is 0. The number of aromatic nitrogens is 2. The maximum atomic E-state index is 12.2. The van der Waals surface area contributed by atoms with Crippen molar-refractivity contribution in [3.05, 3.63) is 40.7 Å². The summed E-state index contributed by atoms with van der Waals surface area (Å²) in [6.07, 6.45) is -4.77. The van der Waals surface area contributed by atoms with E-state index >= 15 is 0 Å². The molecule has 0 amide bonds. The third-order valence-electron chi connectivity index (χ3n) is 2.29. The Hall–Kier alpha value is -2.18. The van der Waals surface area contributed by atoms with Crippen LogP contribution in [0, 0.1) is 0 Å². The van der Waals surface area contributed by atoms with Crippen LogP contribution in [0.5, 0.6) is 5.75 Å². The van der Waals surface area contributed by atoms with Gasteiger partial charge in [0, 0.05) is 18.7 Å². The van der Waals surface area contributed by atoms with Crippen LogP contribution < -0.4 is 10.3 Å². The first-order chi connectivity index (χ1) is 8.37. The monoisotopic (exact) mass is 258 g/mol. The van der Waals surface area contributed by atoms with Gasteiger partial charge in [-0.05, 0) is 12.1 Å². The Morgan fingerprint density at radius 2 is 1.94 bits per heavy atom. The van der Waals surface area contributed by atoms with Gasteiger partial charge >= 0.3 is 6.36 Å². The molecule has 1 N–H and O–H groups in total. The van der Waals surface area contributed by atoms with Crippen molar-refractivity contribution in [3.8, 4) is 17.0 Å². The second kappa shape index (κ2) is 4.25. The highest BCUT2D eigenvalue weighted by Crippen LogP contribution is 2.31. The van der Waals surface area contributed by atoms with Crippen LogP contribution in [0.1, 0.15) is 0 Å². The Morgan fingerprint density at radius 3 is 2.50 bits per heavy atom. The molecule has 0 radical (unpaired) electrons. The molecule has 0 saturated heterocycles. The van der Waals surface area contributed by atoms with Crippen LogP contribution in [0.15, 0.2) is 35.1 Å². The molecule has 0 spiro atoms. The van der Waals surface area contributed by atoms with Gasteiger partial charge < -0.3 is 4.74 Å². The predicted molar refractivity (Wildman–Crippen MR) is 58.2 cm³/mol.